The van der Waals surface area contributed by atoms with Crippen molar-refractivity contribution in [1.82, 2.24) is 15.5 Å². The Labute approximate surface area is 139 Å². The Balaban J connectivity index is 1.68. The summed E-state index contributed by atoms with van der Waals surface area (Å²) in [5, 5.41) is 14.9. The number of carbonyl (C=O) groups excluding carboxylic acids is 1. The first-order valence-electron chi connectivity index (χ1n) is 8.53. The lowest BCUT2D eigenvalue weighted by molar-refractivity contribution is 0.145. The maximum atomic E-state index is 11.9. The third kappa shape index (κ3) is 5.84. The highest BCUT2D eigenvalue weighted by atomic mass is 16.3. The zero-order valence-corrected chi connectivity index (χ0v) is 14.2. The van der Waals surface area contributed by atoms with Crippen LogP contribution in [-0.4, -0.2) is 41.7 Å². The molecule has 2 amide bonds. The molecule has 1 aliphatic rings. The summed E-state index contributed by atoms with van der Waals surface area (Å²) in [7, 11) is 0. The number of nitrogens with zero attached hydrogens (tertiary/aromatic N) is 1. The first-order chi connectivity index (χ1) is 11.1. The summed E-state index contributed by atoms with van der Waals surface area (Å²) in [6, 6.07) is 7.82. The van der Waals surface area contributed by atoms with Crippen LogP contribution in [-0.2, 0) is 13.2 Å². The highest BCUT2D eigenvalue weighted by molar-refractivity contribution is 5.73. The van der Waals surface area contributed by atoms with Crippen LogP contribution in [0.15, 0.2) is 24.3 Å². The Morgan fingerprint density at radius 1 is 1.30 bits per heavy atom. The summed E-state index contributed by atoms with van der Waals surface area (Å²) >= 11 is 0. The molecule has 0 bridgehead atoms. The normalized spacial score (nSPS) is 17.7. The summed E-state index contributed by atoms with van der Waals surface area (Å²) in [5.74, 6) is 0.824. The summed E-state index contributed by atoms with van der Waals surface area (Å²) in [4.78, 5) is 14.4. The first kappa shape index (κ1) is 17.8. The third-order valence-electron chi connectivity index (χ3n) is 4.63. The molecular weight excluding hydrogens is 290 g/mol. The van der Waals surface area contributed by atoms with Gasteiger partial charge in [-0.1, -0.05) is 31.2 Å². The summed E-state index contributed by atoms with van der Waals surface area (Å²) in [6.45, 7) is 7.87. The molecule has 0 unspecified atom stereocenters. The number of piperidine rings is 1. The van der Waals surface area contributed by atoms with Gasteiger partial charge in [-0.3, -0.25) is 4.90 Å². The van der Waals surface area contributed by atoms with Crippen molar-refractivity contribution in [3.8, 4) is 0 Å². The van der Waals surface area contributed by atoms with Crippen molar-refractivity contribution < 1.29 is 9.90 Å². The van der Waals surface area contributed by atoms with Crippen molar-refractivity contribution in [1.29, 1.82) is 0 Å². The van der Waals surface area contributed by atoms with E-state index >= 15 is 0 Å². The number of urea groups is 1. The molecule has 3 N–H and O–H groups in total. The van der Waals surface area contributed by atoms with Crippen LogP contribution in [0.3, 0.4) is 0 Å². The molecule has 2 rings (SSSR count). The fourth-order valence-electron chi connectivity index (χ4n) is 2.92. The number of likely N-dealkylation sites (tertiary alicyclic amines) is 1. The van der Waals surface area contributed by atoms with E-state index in [4.69, 9.17) is 5.11 Å². The highest BCUT2D eigenvalue weighted by Gasteiger charge is 2.20. The van der Waals surface area contributed by atoms with Crippen LogP contribution in [0, 0.1) is 5.92 Å². The molecule has 1 saturated heterocycles. The predicted molar refractivity (Wildman–Crippen MR) is 92.0 cm³/mol. The van der Waals surface area contributed by atoms with Crippen LogP contribution in [0.1, 0.15) is 37.8 Å². The first-order valence-corrected chi connectivity index (χ1v) is 8.53. The second kappa shape index (κ2) is 8.89. The number of carbonyl (C=O) groups is 1. The van der Waals surface area contributed by atoms with Gasteiger partial charge in [-0.2, -0.15) is 0 Å². The van der Waals surface area contributed by atoms with Gasteiger partial charge in [0.05, 0.1) is 6.61 Å². The largest absolute Gasteiger partial charge is 0.392 e. The standard InChI is InChI=1S/C18H29N3O2/c1-14-6-8-21(9-7-14)15(2)11-19-18(23)20-12-16-4-3-5-17(10-16)13-22/h3-5,10,14-15,22H,6-9,11-13H2,1-2H3,(H2,19,20,23)/t15-/m0/s1. The predicted octanol–water partition coefficient (Wildman–Crippen LogP) is 2.10. The van der Waals surface area contributed by atoms with Gasteiger partial charge in [0, 0.05) is 19.1 Å². The molecule has 0 saturated carbocycles. The molecule has 1 heterocycles. The molecule has 1 aromatic carbocycles. The number of benzene rings is 1. The molecule has 128 valence electrons. The molecule has 1 atom stereocenters. The van der Waals surface area contributed by atoms with Gasteiger partial charge in [0.15, 0.2) is 0 Å². The van der Waals surface area contributed by atoms with E-state index < -0.39 is 0 Å². The molecule has 5 heteroatoms. The van der Waals surface area contributed by atoms with Crippen LogP contribution in [0.4, 0.5) is 4.79 Å². The molecule has 0 aliphatic carbocycles. The number of nitrogens with one attached hydrogen (secondary N) is 2. The quantitative estimate of drug-likeness (QED) is 0.752. The van der Waals surface area contributed by atoms with E-state index in [1.54, 1.807) is 0 Å². The minimum atomic E-state index is -0.142. The number of aliphatic hydroxyl groups is 1. The topological polar surface area (TPSA) is 64.6 Å². The lowest BCUT2D eigenvalue weighted by atomic mass is 9.98. The number of rotatable bonds is 6. The third-order valence-corrected chi connectivity index (χ3v) is 4.63. The molecule has 0 spiro atoms. The van der Waals surface area contributed by atoms with E-state index in [1.165, 1.54) is 12.8 Å². The maximum Gasteiger partial charge on any atom is 0.315 e. The highest BCUT2D eigenvalue weighted by Crippen LogP contribution is 2.17. The van der Waals surface area contributed by atoms with Crippen LogP contribution in [0.2, 0.25) is 0 Å². The maximum absolute atomic E-state index is 11.9. The van der Waals surface area contributed by atoms with Gasteiger partial charge >= 0.3 is 6.03 Å². The SMILES string of the molecule is CC1CCN([C@@H](C)CNC(=O)NCc2cccc(CO)c2)CC1. The zero-order valence-electron chi connectivity index (χ0n) is 14.2. The number of hydrogen-bond donors (Lipinski definition) is 3. The molecule has 0 aromatic heterocycles. The van der Waals surface area contributed by atoms with Crippen LogP contribution >= 0.6 is 0 Å². The number of amides is 2. The van der Waals surface area contributed by atoms with Gasteiger partial charge in [0.25, 0.3) is 0 Å². The van der Waals surface area contributed by atoms with Crippen molar-refractivity contribution in [2.24, 2.45) is 5.92 Å². The van der Waals surface area contributed by atoms with Crippen molar-refractivity contribution in [2.75, 3.05) is 19.6 Å². The molecule has 1 aromatic rings. The van der Waals surface area contributed by atoms with Gasteiger partial charge in [-0.05, 0) is 49.9 Å². The van der Waals surface area contributed by atoms with E-state index in [9.17, 15) is 4.79 Å². The van der Waals surface area contributed by atoms with E-state index in [0.717, 1.165) is 30.1 Å². The molecule has 1 aliphatic heterocycles. The zero-order chi connectivity index (χ0) is 16.7. The Morgan fingerprint density at radius 3 is 2.70 bits per heavy atom. The molecular formula is C18H29N3O2. The van der Waals surface area contributed by atoms with E-state index in [-0.39, 0.29) is 12.6 Å². The average molecular weight is 319 g/mol. The molecule has 5 nitrogen and oxygen atoms in total. The van der Waals surface area contributed by atoms with Crippen molar-refractivity contribution in [2.45, 2.75) is 45.9 Å². The van der Waals surface area contributed by atoms with Crippen molar-refractivity contribution in [3.05, 3.63) is 35.4 Å². The van der Waals surface area contributed by atoms with Gasteiger partial charge in [-0.25, -0.2) is 4.79 Å². The Bertz CT molecular complexity index is 499. The Kier molecular flexibility index (Phi) is 6.86. The van der Waals surface area contributed by atoms with Crippen LogP contribution in [0.25, 0.3) is 0 Å². The van der Waals surface area contributed by atoms with Gasteiger partial charge in [0.2, 0.25) is 0 Å². The Morgan fingerprint density at radius 2 is 2.00 bits per heavy atom. The summed E-state index contributed by atoms with van der Waals surface area (Å²) in [5.41, 5.74) is 1.85. The van der Waals surface area contributed by atoms with Crippen LogP contribution in [0.5, 0.6) is 0 Å². The van der Waals surface area contributed by atoms with Crippen LogP contribution < -0.4 is 10.6 Å². The monoisotopic (exact) mass is 319 g/mol. The van der Waals surface area contributed by atoms with Gasteiger partial charge < -0.3 is 15.7 Å². The molecule has 1 fully saturated rings. The Hall–Kier alpha value is -1.59. The lowest BCUT2D eigenvalue weighted by Crippen LogP contribution is -2.47. The second-order valence-corrected chi connectivity index (χ2v) is 6.61. The van der Waals surface area contributed by atoms with E-state index in [1.807, 2.05) is 24.3 Å². The fourth-order valence-corrected chi connectivity index (χ4v) is 2.92. The van der Waals surface area contributed by atoms with Gasteiger partial charge in [0.1, 0.15) is 0 Å². The molecule has 0 radical (unpaired) electrons. The minimum Gasteiger partial charge on any atom is -0.392 e. The summed E-state index contributed by atoms with van der Waals surface area (Å²) in [6.07, 6.45) is 2.50. The van der Waals surface area contributed by atoms with Crippen molar-refractivity contribution in [3.63, 3.8) is 0 Å². The smallest absolute Gasteiger partial charge is 0.315 e. The average Bonchev–Trinajstić information content (AvgIpc) is 2.58. The lowest BCUT2D eigenvalue weighted by Gasteiger charge is -2.34. The van der Waals surface area contributed by atoms with Crippen molar-refractivity contribution >= 4 is 6.03 Å². The van der Waals surface area contributed by atoms with E-state index in [2.05, 4.69) is 29.4 Å². The molecule has 23 heavy (non-hydrogen) atoms. The van der Waals surface area contributed by atoms with E-state index in [0.29, 0.717) is 19.1 Å². The minimum absolute atomic E-state index is 0.0198. The number of hydrogen-bond acceptors (Lipinski definition) is 3. The fraction of sp³-hybridized carbons (Fsp3) is 0.611. The second-order valence-electron chi connectivity index (χ2n) is 6.61. The number of aliphatic hydroxyl groups excluding tert-OH is 1. The van der Waals surface area contributed by atoms with Gasteiger partial charge in [-0.15, -0.1) is 0 Å². The summed E-state index contributed by atoms with van der Waals surface area (Å²) < 4.78 is 0.